The molecule has 7 nitrogen and oxygen atoms in total. The van der Waals surface area contributed by atoms with Crippen LogP contribution in [0.3, 0.4) is 0 Å². The quantitative estimate of drug-likeness (QED) is 0.573. The highest BCUT2D eigenvalue weighted by Crippen LogP contribution is 2.32. The Kier molecular flexibility index (Phi) is 5.06. The lowest BCUT2D eigenvalue weighted by molar-refractivity contribution is -0.138. The van der Waals surface area contributed by atoms with Crippen molar-refractivity contribution in [1.29, 1.82) is 5.41 Å². The minimum Gasteiger partial charge on any atom is -0.365 e. The topological polar surface area (TPSA) is 91.5 Å². The molecule has 0 bridgehead atoms. The molecule has 27 heavy (non-hydrogen) atoms. The van der Waals surface area contributed by atoms with Crippen LogP contribution in [0.1, 0.15) is 16.7 Å². The molecule has 140 valence electrons. The highest BCUT2D eigenvalue weighted by atomic mass is 19.4. The number of alkyl halides is 3. The van der Waals surface area contributed by atoms with Gasteiger partial charge in [-0.25, -0.2) is 4.98 Å². The van der Waals surface area contributed by atoms with Crippen LogP contribution in [-0.4, -0.2) is 26.0 Å². The van der Waals surface area contributed by atoms with E-state index in [0.717, 1.165) is 12.3 Å². The standard InChI is InChI=1S/C17H16F3N7/c1-27-10-13(9-24-27)25-16-23-8-12(6-21)15(26-16)22-7-11-4-2-3-5-14(11)17(18,19)20/h2-6,8-10,21H,7H2,1H3,(H2,22,23,25,26). The Bertz CT molecular complexity index is 950. The number of aryl methyl sites for hydroxylation is 1. The molecule has 2 heterocycles. The zero-order valence-electron chi connectivity index (χ0n) is 14.2. The van der Waals surface area contributed by atoms with Crippen molar-refractivity contribution in [2.45, 2.75) is 12.7 Å². The molecule has 0 saturated heterocycles. The third kappa shape index (κ3) is 4.40. The van der Waals surface area contributed by atoms with Gasteiger partial charge in [-0.2, -0.15) is 23.3 Å². The van der Waals surface area contributed by atoms with E-state index < -0.39 is 11.7 Å². The Morgan fingerprint density at radius 1 is 1.22 bits per heavy atom. The third-order valence-corrected chi connectivity index (χ3v) is 3.70. The van der Waals surface area contributed by atoms with Crippen molar-refractivity contribution in [2.75, 3.05) is 10.6 Å². The summed E-state index contributed by atoms with van der Waals surface area (Å²) in [5.74, 6) is 0.489. The maximum Gasteiger partial charge on any atom is 0.416 e. The molecule has 0 amide bonds. The maximum absolute atomic E-state index is 13.1. The van der Waals surface area contributed by atoms with Crippen molar-refractivity contribution < 1.29 is 13.2 Å². The lowest BCUT2D eigenvalue weighted by atomic mass is 10.1. The first-order valence-corrected chi connectivity index (χ1v) is 7.89. The Balaban J connectivity index is 1.82. The molecule has 0 saturated carbocycles. The number of aromatic nitrogens is 4. The van der Waals surface area contributed by atoms with E-state index in [1.807, 2.05) is 0 Å². The predicted octanol–water partition coefficient (Wildman–Crippen LogP) is 3.58. The fourth-order valence-electron chi connectivity index (χ4n) is 2.44. The second kappa shape index (κ2) is 7.44. The van der Waals surface area contributed by atoms with E-state index in [1.165, 1.54) is 18.3 Å². The number of benzene rings is 1. The number of nitrogens with zero attached hydrogens (tertiary/aromatic N) is 4. The Labute approximate surface area is 152 Å². The summed E-state index contributed by atoms with van der Waals surface area (Å²) in [5.41, 5.74) is 0.391. The Hall–Kier alpha value is -3.43. The lowest BCUT2D eigenvalue weighted by Gasteiger charge is -2.14. The molecule has 10 heteroatoms. The summed E-state index contributed by atoms with van der Waals surface area (Å²) >= 11 is 0. The van der Waals surface area contributed by atoms with Crippen LogP contribution in [-0.2, 0) is 19.8 Å². The highest BCUT2D eigenvalue weighted by molar-refractivity contribution is 5.84. The van der Waals surface area contributed by atoms with E-state index in [-0.39, 0.29) is 23.9 Å². The van der Waals surface area contributed by atoms with Crippen molar-refractivity contribution >= 4 is 23.7 Å². The van der Waals surface area contributed by atoms with Gasteiger partial charge in [0.05, 0.1) is 23.0 Å². The van der Waals surface area contributed by atoms with Gasteiger partial charge in [0.2, 0.25) is 5.95 Å². The van der Waals surface area contributed by atoms with Crippen molar-refractivity contribution in [2.24, 2.45) is 7.05 Å². The number of hydrogen-bond acceptors (Lipinski definition) is 6. The van der Waals surface area contributed by atoms with Crippen LogP contribution in [0.15, 0.2) is 42.9 Å². The van der Waals surface area contributed by atoms with E-state index in [9.17, 15) is 13.2 Å². The van der Waals surface area contributed by atoms with E-state index in [0.29, 0.717) is 11.3 Å². The molecule has 0 atom stereocenters. The van der Waals surface area contributed by atoms with Gasteiger partial charge in [0.15, 0.2) is 0 Å². The molecule has 3 rings (SSSR count). The van der Waals surface area contributed by atoms with Crippen LogP contribution >= 0.6 is 0 Å². The number of rotatable bonds is 6. The van der Waals surface area contributed by atoms with Crippen LogP contribution < -0.4 is 10.6 Å². The average Bonchev–Trinajstić information content (AvgIpc) is 3.04. The fourth-order valence-corrected chi connectivity index (χ4v) is 2.44. The summed E-state index contributed by atoms with van der Waals surface area (Å²) in [6.45, 7) is -0.0974. The van der Waals surface area contributed by atoms with Gasteiger partial charge < -0.3 is 16.0 Å². The molecule has 0 aliphatic rings. The SMILES string of the molecule is Cn1cc(Nc2ncc(C=N)c(NCc3ccccc3C(F)(F)F)n2)cn1. The zero-order chi connectivity index (χ0) is 19.4. The van der Waals surface area contributed by atoms with Gasteiger partial charge >= 0.3 is 6.18 Å². The van der Waals surface area contributed by atoms with Gasteiger partial charge in [0.25, 0.3) is 0 Å². The molecular weight excluding hydrogens is 359 g/mol. The fraction of sp³-hybridized carbons (Fsp3) is 0.176. The van der Waals surface area contributed by atoms with Crippen LogP contribution in [0.25, 0.3) is 0 Å². The van der Waals surface area contributed by atoms with Crippen molar-refractivity contribution in [3.05, 3.63) is 59.5 Å². The normalized spacial score (nSPS) is 11.3. The molecule has 0 fully saturated rings. The predicted molar refractivity (Wildman–Crippen MR) is 95.2 cm³/mol. The number of halogens is 3. The number of nitrogens with one attached hydrogen (secondary N) is 3. The summed E-state index contributed by atoms with van der Waals surface area (Å²) in [6, 6.07) is 5.31. The van der Waals surface area contributed by atoms with Gasteiger partial charge in [-0.3, -0.25) is 4.68 Å². The monoisotopic (exact) mass is 375 g/mol. The molecule has 3 N–H and O–H groups in total. The van der Waals surface area contributed by atoms with Crippen LogP contribution in [0.5, 0.6) is 0 Å². The molecule has 0 spiro atoms. The van der Waals surface area contributed by atoms with Gasteiger partial charge in [-0.15, -0.1) is 0 Å². The van der Waals surface area contributed by atoms with Gasteiger partial charge in [-0.1, -0.05) is 18.2 Å². The van der Waals surface area contributed by atoms with E-state index >= 15 is 0 Å². The second-order valence-corrected chi connectivity index (χ2v) is 5.68. The van der Waals surface area contributed by atoms with Gasteiger partial charge in [-0.05, 0) is 11.6 Å². The van der Waals surface area contributed by atoms with Crippen molar-refractivity contribution in [3.63, 3.8) is 0 Å². The molecule has 3 aromatic rings. The minimum absolute atomic E-state index is 0.0845. The second-order valence-electron chi connectivity index (χ2n) is 5.68. The minimum atomic E-state index is -4.44. The van der Waals surface area contributed by atoms with Crippen molar-refractivity contribution in [1.82, 2.24) is 19.7 Å². The first-order chi connectivity index (χ1) is 12.9. The van der Waals surface area contributed by atoms with E-state index in [4.69, 9.17) is 5.41 Å². The molecule has 0 unspecified atom stereocenters. The summed E-state index contributed by atoms with van der Waals surface area (Å²) in [6.07, 6.45) is 1.31. The highest BCUT2D eigenvalue weighted by Gasteiger charge is 2.32. The molecule has 0 aliphatic heterocycles. The Morgan fingerprint density at radius 2 is 2.00 bits per heavy atom. The van der Waals surface area contributed by atoms with E-state index in [1.54, 1.807) is 30.2 Å². The van der Waals surface area contributed by atoms with Crippen LogP contribution in [0, 0.1) is 5.41 Å². The first kappa shape index (κ1) is 18.4. The summed E-state index contributed by atoms with van der Waals surface area (Å²) in [4.78, 5) is 8.35. The average molecular weight is 375 g/mol. The van der Waals surface area contributed by atoms with Crippen LogP contribution in [0.4, 0.5) is 30.6 Å². The lowest BCUT2D eigenvalue weighted by Crippen LogP contribution is -2.13. The van der Waals surface area contributed by atoms with Crippen molar-refractivity contribution in [3.8, 4) is 0 Å². The molecule has 0 radical (unpaired) electrons. The smallest absolute Gasteiger partial charge is 0.365 e. The van der Waals surface area contributed by atoms with E-state index in [2.05, 4.69) is 25.7 Å². The summed E-state index contributed by atoms with van der Waals surface area (Å²) < 4.78 is 41.0. The molecule has 2 aromatic heterocycles. The first-order valence-electron chi connectivity index (χ1n) is 7.89. The molecular formula is C17H16F3N7. The summed E-state index contributed by atoms with van der Waals surface area (Å²) in [5, 5.41) is 17.3. The summed E-state index contributed by atoms with van der Waals surface area (Å²) in [7, 11) is 1.76. The molecule has 1 aromatic carbocycles. The maximum atomic E-state index is 13.1. The number of anilines is 3. The zero-order valence-corrected chi connectivity index (χ0v) is 14.2. The molecule has 0 aliphatic carbocycles. The Morgan fingerprint density at radius 3 is 2.67 bits per heavy atom. The van der Waals surface area contributed by atoms with Crippen LogP contribution in [0.2, 0.25) is 0 Å². The number of hydrogen-bond donors (Lipinski definition) is 3. The van der Waals surface area contributed by atoms with Gasteiger partial charge in [0, 0.05) is 32.2 Å². The third-order valence-electron chi connectivity index (χ3n) is 3.70. The van der Waals surface area contributed by atoms with Gasteiger partial charge in [0.1, 0.15) is 5.82 Å². The largest absolute Gasteiger partial charge is 0.416 e.